The molecular formula is C15H14INO5S. The van der Waals surface area contributed by atoms with Crippen molar-refractivity contribution in [3.63, 3.8) is 0 Å². The largest absolute Gasteiger partial charge is 0.481 e. The normalized spacial score (nSPS) is 16.3. The van der Waals surface area contributed by atoms with Gasteiger partial charge in [0.2, 0.25) is 0 Å². The Morgan fingerprint density at radius 3 is 2.78 bits per heavy atom. The predicted molar refractivity (Wildman–Crippen MR) is 95.3 cm³/mol. The van der Waals surface area contributed by atoms with Crippen molar-refractivity contribution in [1.29, 1.82) is 0 Å². The molecule has 2 rings (SSSR count). The first kappa shape index (κ1) is 17.8. The first-order valence-corrected chi connectivity index (χ1v) is 8.71. The van der Waals surface area contributed by atoms with E-state index in [0.29, 0.717) is 17.2 Å². The number of carboxylic acids is 1. The molecule has 0 atom stereocenters. The quantitative estimate of drug-likeness (QED) is 0.533. The predicted octanol–water partition coefficient (Wildman–Crippen LogP) is 3.20. The van der Waals surface area contributed by atoms with Crippen molar-refractivity contribution in [3.8, 4) is 5.75 Å². The zero-order valence-corrected chi connectivity index (χ0v) is 15.2. The van der Waals surface area contributed by atoms with Crippen LogP contribution in [0.25, 0.3) is 6.08 Å². The Hall–Kier alpha value is -1.55. The average Bonchev–Trinajstić information content (AvgIpc) is 2.74. The molecule has 0 radical (unpaired) electrons. The van der Waals surface area contributed by atoms with Gasteiger partial charge in [0.1, 0.15) is 5.75 Å². The monoisotopic (exact) mass is 447 g/mol. The van der Waals surface area contributed by atoms with Crippen molar-refractivity contribution in [2.75, 3.05) is 13.2 Å². The Kier molecular flexibility index (Phi) is 6.05. The minimum Gasteiger partial charge on any atom is -0.481 e. The molecule has 1 fully saturated rings. The molecule has 1 aromatic rings. The molecule has 0 unspecified atom stereocenters. The summed E-state index contributed by atoms with van der Waals surface area (Å²) in [7, 11) is 0. The summed E-state index contributed by atoms with van der Waals surface area (Å²) in [5.41, 5.74) is 0.749. The Morgan fingerprint density at radius 2 is 2.17 bits per heavy atom. The van der Waals surface area contributed by atoms with Crippen LogP contribution in [0.4, 0.5) is 4.79 Å². The second-order valence-electron chi connectivity index (χ2n) is 4.71. The van der Waals surface area contributed by atoms with Crippen LogP contribution in [0.15, 0.2) is 23.1 Å². The molecule has 0 saturated carbocycles. The number of halogens is 1. The molecule has 1 saturated heterocycles. The lowest BCUT2D eigenvalue weighted by molar-refractivity contribution is -0.139. The summed E-state index contributed by atoms with van der Waals surface area (Å²) >= 11 is 2.96. The van der Waals surface area contributed by atoms with E-state index in [1.807, 2.05) is 29.5 Å². The van der Waals surface area contributed by atoms with Gasteiger partial charge in [-0.05, 0) is 64.5 Å². The molecule has 1 N–H and O–H groups in total. The van der Waals surface area contributed by atoms with Crippen LogP contribution in [0.3, 0.4) is 0 Å². The van der Waals surface area contributed by atoms with E-state index >= 15 is 0 Å². The summed E-state index contributed by atoms with van der Waals surface area (Å²) < 4.78 is 5.88. The molecule has 122 valence electrons. The average molecular weight is 447 g/mol. The van der Waals surface area contributed by atoms with E-state index in [2.05, 4.69) is 0 Å². The minimum absolute atomic E-state index is 0.251. The number of benzene rings is 1. The summed E-state index contributed by atoms with van der Waals surface area (Å²) in [5, 5.41) is 8.37. The van der Waals surface area contributed by atoms with E-state index in [0.717, 1.165) is 27.3 Å². The van der Waals surface area contributed by atoms with E-state index in [1.54, 1.807) is 24.3 Å². The van der Waals surface area contributed by atoms with Gasteiger partial charge in [-0.2, -0.15) is 0 Å². The first-order valence-electron chi connectivity index (χ1n) is 6.82. The molecule has 0 aromatic heterocycles. The lowest BCUT2D eigenvalue weighted by Crippen LogP contribution is -2.28. The molecule has 1 aliphatic rings. The molecule has 6 nitrogen and oxygen atoms in total. The Morgan fingerprint density at radius 1 is 1.43 bits per heavy atom. The van der Waals surface area contributed by atoms with Crippen LogP contribution in [0.5, 0.6) is 5.75 Å². The highest BCUT2D eigenvalue weighted by Gasteiger charge is 2.34. The highest BCUT2D eigenvalue weighted by molar-refractivity contribution is 14.1. The maximum absolute atomic E-state index is 12.2. The Labute approximate surface area is 151 Å². The van der Waals surface area contributed by atoms with Gasteiger partial charge in [0.25, 0.3) is 11.1 Å². The van der Waals surface area contributed by atoms with E-state index in [1.165, 1.54) is 4.90 Å². The fourth-order valence-corrected chi connectivity index (χ4v) is 3.49. The van der Waals surface area contributed by atoms with Gasteiger partial charge in [0.15, 0.2) is 6.61 Å². The number of carbonyl (C=O) groups is 3. The zero-order valence-electron chi connectivity index (χ0n) is 12.2. The molecule has 1 aromatic carbocycles. The number of ether oxygens (including phenoxy) is 1. The number of rotatable bonds is 6. The summed E-state index contributed by atoms with van der Waals surface area (Å²) in [6, 6.07) is 5.13. The summed E-state index contributed by atoms with van der Waals surface area (Å²) in [5.74, 6) is -0.859. The van der Waals surface area contributed by atoms with E-state index in [-0.39, 0.29) is 11.1 Å². The topological polar surface area (TPSA) is 83.9 Å². The molecular weight excluding hydrogens is 433 g/mol. The van der Waals surface area contributed by atoms with Crippen molar-refractivity contribution in [2.45, 2.75) is 13.3 Å². The number of hydrogen-bond donors (Lipinski definition) is 1. The third kappa shape index (κ3) is 4.47. The van der Waals surface area contributed by atoms with Crippen LogP contribution in [-0.2, 0) is 9.59 Å². The number of imide groups is 1. The third-order valence-electron chi connectivity index (χ3n) is 2.93. The van der Waals surface area contributed by atoms with Gasteiger partial charge in [-0.25, -0.2) is 4.79 Å². The summed E-state index contributed by atoms with van der Waals surface area (Å²) in [6.07, 6.45) is 2.38. The van der Waals surface area contributed by atoms with Gasteiger partial charge in [-0.15, -0.1) is 0 Å². The minimum atomic E-state index is -1.05. The highest BCUT2D eigenvalue weighted by Crippen LogP contribution is 2.33. The smallest absolute Gasteiger partial charge is 0.341 e. The maximum atomic E-state index is 12.2. The number of amides is 2. The van der Waals surface area contributed by atoms with Crippen LogP contribution < -0.4 is 4.74 Å². The van der Waals surface area contributed by atoms with Gasteiger partial charge in [0.05, 0.1) is 8.48 Å². The number of carboxylic acid groups (broad SMARTS) is 1. The lowest BCUT2D eigenvalue weighted by Gasteiger charge is -2.09. The Bertz CT molecular complexity index is 688. The third-order valence-corrected chi connectivity index (χ3v) is 4.68. The molecule has 0 aliphatic carbocycles. The standard InChI is InChI=1S/C15H14INO5S/c1-2-5-17-14(20)12(23-15(17)21)7-9-3-4-11(10(16)6-9)22-8-13(18)19/h3-4,6-7H,2,5,8H2,1H3,(H,18,19)/b12-7+. The van der Waals surface area contributed by atoms with Crippen LogP contribution in [0, 0.1) is 3.57 Å². The first-order chi connectivity index (χ1) is 10.9. The van der Waals surface area contributed by atoms with Gasteiger partial charge in [0, 0.05) is 6.54 Å². The van der Waals surface area contributed by atoms with Crippen LogP contribution >= 0.6 is 34.4 Å². The number of nitrogens with zero attached hydrogens (tertiary/aromatic N) is 1. The zero-order chi connectivity index (χ0) is 17.0. The second kappa shape index (κ2) is 7.82. The van der Waals surface area contributed by atoms with Crippen molar-refractivity contribution in [3.05, 3.63) is 32.2 Å². The summed E-state index contributed by atoms with van der Waals surface area (Å²) in [4.78, 5) is 36.1. The van der Waals surface area contributed by atoms with Crippen LogP contribution in [-0.4, -0.2) is 40.3 Å². The van der Waals surface area contributed by atoms with Crippen LogP contribution in [0.2, 0.25) is 0 Å². The second-order valence-corrected chi connectivity index (χ2v) is 6.86. The maximum Gasteiger partial charge on any atom is 0.341 e. The highest BCUT2D eigenvalue weighted by atomic mass is 127. The van der Waals surface area contributed by atoms with Crippen molar-refractivity contribution in [1.82, 2.24) is 4.90 Å². The summed E-state index contributed by atoms with van der Waals surface area (Å²) in [6.45, 7) is 1.91. The fraction of sp³-hybridized carbons (Fsp3) is 0.267. The molecule has 0 bridgehead atoms. The van der Waals surface area contributed by atoms with Gasteiger partial charge < -0.3 is 9.84 Å². The fourth-order valence-electron chi connectivity index (χ4n) is 1.93. The van der Waals surface area contributed by atoms with E-state index < -0.39 is 12.6 Å². The SMILES string of the molecule is CCCN1C(=O)S/C(=C/c2ccc(OCC(=O)O)c(I)c2)C1=O. The van der Waals surface area contributed by atoms with Gasteiger partial charge >= 0.3 is 5.97 Å². The Balaban J connectivity index is 2.17. The molecule has 8 heteroatoms. The number of hydrogen-bond acceptors (Lipinski definition) is 5. The van der Waals surface area contributed by atoms with Crippen molar-refractivity contribution >= 4 is 57.5 Å². The molecule has 1 aliphatic heterocycles. The molecule has 23 heavy (non-hydrogen) atoms. The van der Waals surface area contributed by atoms with Crippen LogP contribution in [0.1, 0.15) is 18.9 Å². The number of carbonyl (C=O) groups excluding carboxylic acids is 2. The molecule has 1 heterocycles. The van der Waals surface area contributed by atoms with E-state index in [4.69, 9.17) is 9.84 Å². The van der Waals surface area contributed by atoms with Crippen molar-refractivity contribution < 1.29 is 24.2 Å². The lowest BCUT2D eigenvalue weighted by atomic mass is 10.2. The molecule has 2 amide bonds. The van der Waals surface area contributed by atoms with Gasteiger partial charge in [-0.1, -0.05) is 13.0 Å². The van der Waals surface area contributed by atoms with E-state index in [9.17, 15) is 14.4 Å². The van der Waals surface area contributed by atoms with Crippen molar-refractivity contribution in [2.24, 2.45) is 0 Å². The number of aliphatic carboxylic acids is 1. The number of thioether (sulfide) groups is 1. The van der Waals surface area contributed by atoms with Gasteiger partial charge in [-0.3, -0.25) is 14.5 Å². The molecule has 0 spiro atoms.